The summed E-state index contributed by atoms with van der Waals surface area (Å²) in [4.78, 5) is 0. The van der Waals surface area contributed by atoms with Crippen LogP contribution in [-0.2, 0) is 4.43 Å². The van der Waals surface area contributed by atoms with E-state index in [1.54, 1.807) is 0 Å². The number of benzene rings is 1. The van der Waals surface area contributed by atoms with Crippen LogP contribution < -0.4 is 5.19 Å². The van der Waals surface area contributed by atoms with Crippen LogP contribution in [0.25, 0.3) is 0 Å². The molecule has 0 aliphatic heterocycles. The topological polar surface area (TPSA) is 9.23 Å². The molecule has 0 aromatic heterocycles. The highest BCUT2D eigenvalue weighted by molar-refractivity contribution is 6.47. The van der Waals surface area contributed by atoms with Crippen LogP contribution in [0.4, 0.5) is 0 Å². The quantitative estimate of drug-likeness (QED) is 0.725. The van der Waals surface area contributed by atoms with Crippen LogP contribution in [0.15, 0.2) is 30.3 Å². The number of hydrogen-bond donors (Lipinski definition) is 0. The minimum Gasteiger partial charge on any atom is -0.406 e. The van der Waals surface area contributed by atoms with Gasteiger partial charge in [-0.1, -0.05) is 43.2 Å². The Morgan fingerprint density at radius 2 is 1.75 bits per heavy atom. The van der Waals surface area contributed by atoms with Gasteiger partial charge in [0, 0.05) is 0 Å². The van der Waals surface area contributed by atoms with Gasteiger partial charge in [-0.2, -0.15) is 0 Å². The number of hydrogen-bond acceptors (Lipinski definition) is 1. The SMILES string of the molecule is c1ccc([Si]OC23CCCC2CCC3)cc1. The lowest BCUT2D eigenvalue weighted by molar-refractivity contribution is 0.0577. The normalized spacial score (nSPS) is 32.9. The summed E-state index contributed by atoms with van der Waals surface area (Å²) in [6, 6.07) is 10.6. The Hall–Kier alpha value is -0.603. The fourth-order valence-corrected chi connectivity index (χ4v) is 4.37. The zero-order valence-electron chi connectivity index (χ0n) is 9.61. The molecule has 2 fully saturated rings. The number of fused-ring (bicyclic) bond motifs is 1. The summed E-state index contributed by atoms with van der Waals surface area (Å²) in [5.41, 5.74) is 0.272. The van der Waals surface area contributed by atoms with E-state index in [0.29, 0.717) is 9.76 Å². The first-order valence-electron chi connectivity index (χ1n) is 6.38. The van der Waals surface area contributed by atoms with E-state index in [1.807, 2.05) is 0 Å². The molecule has 0 heterocycles. The summed E-state index contributed by atoms with van der Waals surface area (Å²) in [6.07, 6.45) is 8.17. The maximum absolute atomic E-state index is 6.33. The van der Waals surface area contributed by atoms with Crippen LogP contribution in [0.1, 0.15) is 38.5 Å². The highest BCUT2D eigenvalue weighted by atomic mass is 28.2. The van der Waals surface area contributed by atoms with Crippen molar-refractivity contribution >= 4 is 14.9 Å². The van der Waals surface area contributed by atoms with E-state index in [1.165, 1.54) is 43.7 Å². The largest absolute Gasteiger partial charge is 0.406 e. The number of rotatable bonds is 3. The molecular weight excluding hydrogens is 212 g/mol. The molecule has 0 saturated heterocycles. The van der Waals surface area contributed by atoms with Gasteiger partial charge in [0.15, 0.2) is 0 Å². The van der Waals surface area contributed by atoms with Crippen molar-refractivity contribution in [1.82, 2.24) is 0 Å². The highest BCUT2D eigenvalue weighted by Crippen LogP contribution is 2.49. The van der Waals surface area contributed by atoms with E-state index in [-0.39, 0.29) is 5.60 Å². The van der Waals surface area contributed by atoms with E-state index >= 15 is 0 Å². The summed E-state index contributed by atoms with van der Waals surface area (Å²) in [5.74, 6) is 0.865. The molecule has 1 aromatic carbocycles. The Labute approximate surface area is 100 Å². The Bertz CT molecular complexity index is 339. The third-order valence-corrected chi connectivity index (χ3v) is 5.27. The maximum Gasteiger partial charge on any atom is 0.269 e. The second-order valence-electron chi connectivity index (χ2n) is 5.12. The zero-order valence-corrected chi connectivity index (χ0v) is 10.6. The van der Waals surface area contributed by atoms with Crippen molar-refractivity contribution in [2.45, 2.75) is 44.1 Å². The van der Waals surface area contributed by atoms with Crippen molar-refractivity contribution in [3.8, 4) is 0 Å². The maximum atomic E-state index is 6.33. The molecule has 2 aliphatic rings. The Morgan fingerprint density at radius 1 is 1.06 bits per heavy atom. The average molecular weight is 230 g/mol. The highest BCUT2D eigenvalue weighted by Gasteiger charge is 2.46. The van der Waals surface area contributed by atoms with Gasteiger partial charge in [0.25, 0.3) is 9.76 Å². The minimum absolute atomic E-state index is 0.272. The summed E-state index contributed by atoms with van der Waals surface area (Å²) >= 11 is 0. The van der Waals surface area contributed by atoms with Gasteiger partial charge in [0.05, 0.1) is 5.60 Å². The predicted octanol–water partition coefficient (Wildman–Crippen LogP) is 2.67. The molecule has 2 radical (unpaired) electrons. The minimum atomic E-state index is 0.272. The predicted molar refractivity (Wildman–Crippen MR) is 66.8 cm³/mol. The van der Waals surface area contributed by atoms with Gasteiger partial charge in [0.2, 0.25) is 0 Å². The fourth-order valence-electron chi connectivity index (χ4n) is 3.35. The second kappa shape index (κ2) is 4.34. The molecule has 0 spiro atoms. The van der Waals surface area contributed by atoms with Gasteiger partial charge in [0.1, 0.15) is 0 Å². The van der Waals surface area contributed by atoms with Crippen LogP contribution in [0.5, 0.6) is 0 Å². The molecule has 0 bridgehead atoms. The van der Waals surface area contributed by atoms with Gasteiger partial charge >= 0.3 is 0 Å². The van der Waals surface area contributed by atoms with Crippen LogP contribution in [0.2, 0.25) is 0 Å². The molecule has 0 atom stereocenters. The lowest BCUT2D eigenvalue weighted by Crippen LogP contribution is -2.36. The van der Waals surface area contributed by atoms with E-state index in [4.69, 9.17) is 4.43 Å². The molecule has 0 N–H and O–H groups in total. The van der Waals surface area contributed by atoms with Crippen molar-refractivity contribution in [3.63, 3.8) is 0 Å². The van der Waals surface area contributed by atoms with Crippen molar-refractivity contribution in [3.05, 3.63) is 30.3 Å². The van der Waals surface area contributed by atoms with Gasteiger partial charge in [-0.05, 0) is 36.8 Å². The van der Waals surface area contributed by atoms with Crippen LogP contribution in [-0.4, -0.2) is 15.4 Å². The molecule has 1 nitrogen and oxygen atoms in total. The van der Waals surface area contributed by atoms with Gasteiger partial charge in [-0.15, -0.1) is 0 Å². The van der Waals surface area contributed by atoms with E-state index < -0.39 is 0 Å². The molecule has 0 unspecified atom stereocenters. The van der Waals surface area contributed by atoms with Crippen molar-refractivity contribution in [1.29, 1.82) is 0 Å². The molecular formula is C14H18OSi. The molecule has 2 aliphatic carbocycles. The lowest BCUT2D eigenvalue weighted by Gasteiger charge is -2.30. The van der Waals surface area contributed by atoms with E-state index in [2.05, 4.69) is 30.3 Å². The molecule has 3 rings (SSSR count). The monoisotopic (exact) mass is 230 g/mol. The summed E-state index contributed by atoms with van der Waals surface area (Å²) in [5, 5.41) is 1.34. The van der Waals surface area contributed by atoms with Gasteiger partial charge in [-0.3, -0.25) is 0 Å². The smallest absolute Gasteiger partial charge is 0.269 e. The summed E-state index contributed by atoms with van der Waals surface area (Å²) in [6.45, 7) is 0. The van der Waals surface area contributed by atoms with Crippen molar-refractivity contribution in [2.75, 3.05) is 0 Å². The molecule has 16 heavy (non-hydrogen) atoms. The average Bonchev–Trinajstić information content (AvgIpc) is 2.87. The van der Waals surface area contributed by atoms with Crippen LogP contribution in [0, 0.1) is 5.92 Å². The third-order valence-electron chi connectivity index (χ3n) is 4.20. The van der Waals surface area contributed by atoms with Crippen molar-refractivity contribution in [2.24, 2.45) is 5.92 Å². The molecule has 2 heteroatoms. The van der Waals surface area contributed by atoms with E-state index in [0.717, 1.165) is 5.92 Å². The fraction of sp³-hybridized carbons (Fsp3) is 0.571. The molecule has 1 aromatic rings. The Kier molecular flexibility index (Phi) is 2.86. The summed E-state index contributed by atoms with van der Waals surface area (Å²) < 4.78 is 6.33. The standard InChI is InChI=1S/C14H18OSi/c1-2-8-13(9-3-1)16-15-14-10-4-6-12(14)7-5-11-14/h1-3,8-9,12H,4-7,10-11H2. The van der Waals surface area contributed by atoms with Crippen molar-refractivity contribution < 1.29 is 4.43 Å². The Balaban J connectivity index is 1.66. The first kappa shape index (κ1) is 10.5. The van der Waals surface area contributed by atoms with E-state index in [9.17, 15) is 0 Å². The Morgan fingerprint density at radius 3 is 2.44 bits per heavy atom. The summed E-state index contributed by atoms with van der Waals surface area (Å²) in [7, 11) is 0.542. The lowest BCUT2D eigenvalue weighted by atomic mass is 9.95. The van der Waals surface area contributed by atoms with Gasteiger partial charge < -0.3 is 4.43 Å². The molecule has 2 saturated carbocycles. The first-order valence-corrected chi connectivity index (χ1v) is 7.29. The molecule has 84 valence electrons. The van der Waals surface area contributed by atoms with Gasteiger partial charge in [-0.25, -0.2) is 0 Å². The first-order chi connectivity index (χ1) is 7.89. The van der Waals surface area contributed by atoms with Crippen LogP contribution in [0.3, 0.4) is 0 Å². The van der Waals surface area contributed by atoms with Crippen LogP contribution >= 0.6 is 0 Å². The molecule has 0 amide bonds. The third kappa shape index (κ3) is 1.85. The second-order valence-corrected chi connectivity index (χ2v) is 6.10. The zero-order chi connectivity index (χ0) is 10.8.